The van der Waals surface area contributed by atoms with E-state index in [-0.39, 0.29) is 11.9 Å². The molecule has 2 heterocycles. The minimum absolute atomic E-state index is 0.0450. The highest BCUT2D eigenvalue weighted by atomic mass is 16.6. The molecule has 1 aliphatic carbocycles. The van der Waals surface area contributed by atoms with E-state index in [9.17, 15) is 9.59 Å². The van der Waals surface area contributed by atoms with E-state index in [2.05, 4.69) is 6.92 Å². The third-order valence-corrected chi connectivity index (χ3v) is 6.37. The van der Waals surface area contributed by atoms with Crippen molar-refractivity contribution >= 4 is 11.9 Å². The van der Waals surface area contributed by atoms with Crippen LogP contribution in [0.3, 0.4) is 0 Å². The highest BCUT2D eigenvalue weighted by Crippen LogP contribution is 2.66. The van der Waals surface area contributed by atoms with Gasteiger partial charge in [-0.1, -0.05) is 20.8 Å². The number of amides is 1. The minimum atomic E-state index is -0.921. The minimum Gasteiger partial charge on any atom is -0.448 e. The van der Waals surface area contributed by atoms with Crippen molar-refractivity contribution in [3.63, 3.8) is 0 Å². The van der Waals surface area contributed by atoms with E-state index in [0.29, 0.717) is 12.3 Å². The van der Waals surface area contributed by atoms with Crippen LogP contribution in [0.15, 0.2) is 0 Å². The molecule has 0 N–H and O–H groups in total. The summed E-state index contributed by atoms with van der Waals surface area (Å²) in [6.45, 7) is 9.78. The molecule has 3 atom stereocenters. The second-order valence-electron chi connectivity index (χ2n) is 7.67. The van der Waals surface area contributed by atoms with Crippen LogP contribution in [-0.4, -0.2) is 35.5 Å². The van der Waals surface area contributed by atoms with Gasteiger partial charge in [0, 0.05) is 18.5 Å². The molecule has 0 unspecified atom stereocenters. The lowest BCUT2D eigenvalue weighted by Gasteiger charge is -2.41. The normalized spacial score (nSPS) is 42.7. The Morgan fingerprint density at radius 3 is 2.50 bits per heavy atom. The molecule has 3 aliphatic rings. The molecular formula is C16H25NO3. The van der Waals surface area contributed by atoms with Crippen molar-refractivity contribution in [1.29, 1.82) is 0 Å². The van der Waals surface area contributed by atoms with Crippen LogP contribution in [0.1, 0.15) is 53.4 Å². The fourth-order valence-electron chi connectivity index (χ4n) is 4.35. The predicted octanol–water partition coefficient (Wildman–Crippen LogP) is 2.37. The molecule has 4 heteroatoms. The van der Waals surface area contributed by atoms with Gasteiger partial charge in [0.1, 0.15) is 0 Å². The number of esters is 1. The summed E-state index contributed by atoms with van der Waals surface area (Å²) in [6.07, 6.45) is 3.66. The number of carbonyl (C=O) groups excluding carboxylic acids is 2. The van der Waals surface area contributed by atoms with Gasteiger partial charge >= 0.3 is 5.97 Å². The zero-order valence-corrected chi connectivity index (χ0v) is 13.0. The van der Waals surface area contributed by atoms with E-state index in [0.717, 1.165) is 25.9 Å². The number of hydrogen-bond acceptors (Lipinski definition) is 3. The summed E-state index contributed by atoms with van der Waals surface area (Å²) in [4.78, 5) is 27.2. The Kier molecular flexibility index (Phi) is 2.77. The summed E-state index contributed by atoms with van der Waals surface area (Å²) < 4.78 is 5.69. The van der Waals surface area contributed by atoms with Crippen molar-refractivity contribution < 1.29 is 14.3 Å². The van der Waals surface area contributed by atoms with Gasteiger partial charge in [0.15, 0.2) is 5.60 Å². The zero-order chi connectivity index (χ0) is 14.8. The smallest absolute Gasteiger partial charge is 0.313 e. The lowest BCUT2D eigenvalue weighted by molar-refractivity contribution is -0.175. The van der Waals surface area contributed by atoms with E-state index in [1.807, 2.05) is 25.7 Å². The molecule has 112 valence electrons. The molecule has 0 radical (unpaired) electrons. The second-order valence-corrected chi connectivity index (χ2v) is 7.67. The highest BCUT2D eigenvalue weighted by Gasteiger charge is 2.76. The zero-order valence-electron chi connectivity index (χ0n) is 13.0. The maximum absolute atomic E-state index is 13.1. The first-order valence-electron chi connectivity index (χ1n) is 7.77. The van der Waals surface area contributed by atoms with E-state index in [1.165, 1.54) is 6.42 Å². The number of carbonyl (C=O) groups is 2. The van der Waals surface area contributed by atoms with Crippen LogP contribution < -0.4 is 0 Å². The van der Waals surface area contributed by atoms with Crippen LogP contribution in [0.5, 0.6) is 0 Å². The molecule has 0 aromatic heterocycles. The Morgan fingerprint density at radius 1 is 1.30 bits per heavy atom. The number of fused-ring (bicyclic) bond motifs is 2. The fraction of sp³-hybridized carbons (Fsp3) is 0.875. The summed E-state index contributed by atoms with van der Waals surface area (Å²) in [5.41, 5.74) is -1.85. The van der Waals surface area contributed by atoms with Crippen molar-refractivity contribution in [2.75, 3.05) is 13.1 Å². The Bertz CT molecular complexity index is 472. The fourth-order valence-corrected chi connectivity index (χ4v) is 4.35. The Hall–Kier alpha value is -1.06. The van der Waals surface area contributed by atoms with Crippen LogP contribution in [0, 0.1) is 16.7 Å². The van der Waals surface area contributed by atoms with Crippen molar-refractivity contribution in [1.82, 2.24) is 4.90 Å². The van der Waals surface area contributed by atoms with E-state index >= 15 is 0 Å². The topological polar surface area (TPSA) is 46.6 Å². The number of likely N-dealkylation sites (tertiary alicyclic amines) is 1. The summed E-state index contributed by atoms with van der Waals surface area (Å²) >= 11 is 0. The SMILES string of the molecule is C[C@@H]1CCCN(C(=O)[C@@]23CC[C@@](C)(C(=O)O2)C3(C)C)C1. The monoisotopic (exact) mass is 279 g/mol. The number of piperidine rings is 1. The standard InChI is InChI=1S/C16H25NO3/c1-11-6-5-9-17(10-11)12(18)16-8-7-15(4,13(19)20-16)14(16,2)3/h11H,5-10H2,1-4H3/t11-,15+,16-/m1/s1. The van der Waals surface area contributed by atoms with Gasteiger partial charge in [-0.25, -0.2) is 0 Å². The van der Waals surface area contributed by atoms with E-state index in [4.69, 9.17) is 4.74 Å². The summed E-state index contributed by atoms with van der Waals surface area (Å²) in [5.74, 6) is 0.396. The third-order valence-electron chi connectivity index (χ3n) is 6.37. The molecule has 1 saturated carbocycles. The van der Waals surface area contributed by atoms with Crippen LogP contribution in [-0.2, 0) is 14.3 Å². The van der Waals surface area contributed by atoms with Crippen molar-refractivity contribution in [3.05, 3.63) is 0 Å². The molecule has 2 bridgehead atoms. The van der Waals surface area contributed by atoms with Gasteiger partial charge in [-0.15, -0.1) is 0 Å². The van der Waals surface area contributed by atoms with Crippen LogP contribution in [0.25, 0.3) is 0 Å². The molecule has 2 aliphatic heterocycles. The number of hydrogen-bond donors (Lipinski definition) is 0. The number of nitrogens with zero attached hydrogens (tertiary/aromatic N) is 1. The number of ether oxygens (including phenoxy) is 1. The van der Waals surface area contributed by atoms with Gasteiger partial charge in [0.25, 0.3) is 5.91 Å². The lowest BCUT2D eigenvalue weighted by atomic mass is 9.66. The number of rotatable bonds is 1. The average Bonchev–Trinajstić information content (AvgIpc) is 2.68. The van der Waals surface area contributed by atoms with Gasteiger partial charge in [0.2, 0.25) is 0 Å². The molecular weight excluding hydrogens is 254 g/mol. The molecule has 3 rings (SSSR count). The predicted molar refractivity (Wildman–Crippen MR) is 74.9 cm³/mol. The van der Waals surface area contributed by atoms with Crippen molar-refractivity contribution in [3.8, 4) is 0 Å². The molecule has 1 amide bonds. The van der Waals surface area contributed by atoms with Gasteiger partial charge < -0.3 is 9.64 Å². The average molecular weight is 279 g/mol. The Balaban J connectivity index is 1.93. The van der Waals surface area contributed by atoms with Gasteiger partial charge in [-0.2, -0.15) is 0 Å². The molecule has 2 saturated heterocycles. The van der Waals surface area contributed by atoms with E-state index in [1.54, 1.807) is 0 Å². The van der Waals surface area contributed by atoms with Gasteiger partial charge in [-0.3, -0.25) is 9.59 Å². The Morgan fingerprint density at radius 2 is 2.00 bits per heavy atom. The quantitative estimate of drug-likeness (QED) is 0.692. The summed E-state index contributed by atoms with van der Waals surface area (Å²) in [6, 6.07) is 0. The lowest BCUT2D eigenvalue weighted by Crippen LogP contribution is -2.56. The molecule has 0 spiro atoms. The van der Waals surface area contributed by atoms with Gasteiger partial charge in [0.05, 0.1) is 5.41 Å². The molecule has 0 aromatic rings. The van der Waals surface area contributed by atoms with Crippen LogP contribution in [0.4, 0.5) is 0 Å². The summed E-state index contributed by atoms with van der Waals surface area (Å²) in [7, 11) is 0. The van der Waals surface area contributed by atoms with Gasteiger partial charge in [-0.05, 0) is 38.5 Å². The molecule has 20 heavy (non-hydrogen) atoms. The first-order chi connectivity index (χ1) is 9.24. The second kappa shape index (κ2) is 3.99. The van der Waals surface area contributed by atoms with Crippen LogP contribution >= 0.6 is 0 Å². The molecule has 3 fully saturated rings. The molecule has 0 aromatic carbocycles. The van der Waals surface area contributed by atoms with E-state index < -0.39 is 16.4 Å². The maximum Gasteiger partial charge on any atom is 0.313 e. The van der Waals surface area contributed by atoms with Crippen LogP contribution in [0.2, 0.25) is 0 Å². The highest BCUT2D eigenvalue weighted by molar-refractivity contribution is 5.96. The Labute approximate surface area is 120 Å². The molecule has 4 nitrogen and oxygen atoms in total. The first-order valence-corrected chi connectivity index (χ1v) is 7.77. The largest absolute Gasteiger partial charge is 0.448 e. The third kappa shape index (κ3) is 1.43. The van der Waals surface area contributed by atoms with Crippen molar-refractivity contribution in [2.24, 2.45) is 16.7 Å². The van der Waals surface area contributed by atoms with Crippen molar-refractivity contribution in [2.45, 2.75) is 59.0 Å². The first kappa shape index (κ1) is 13.9. The maximum atomic E-state index is 13.1. The summed E-state index contributed by atoms with van der Waals surface area (Å²) in [5, 5.41) is 0.